The molecule has 8 heteroatoms. The number of hydrogen-bond donors (Lipinski definition) is 1. The molecule has 0 aliphatic heterocycles. The lowest BCUT2D eigenvalue weighted by Crippen LogP contribution is -2.52. The number of nitrogens with one attached hydrogen (secondary N) is 1. The third-order valence-electron chi connectivity index (χ3n) is 1.80. The van der Waals surface area contributed by atoms with Gasteiger partial charge < -0.3 is 10.1 Å². The Labute approximate surface area is 113 Å². The van der Waals surface area contributed by atoms with E-state index in [0.29, 0.717) is 0 Å². The quantitative estimate of drug-likeness (QED) is 0.476. The van der Waals surface area contributed by atoms with Crippen LogP contribution < -0.4 is 5.32 Å². The third kappa shape index (κ3) is 6.18. The summed E-state index contributed by atoms with van der Waals surface area (Å²) in [6, 6.07) is -0.849. The Morgan fingerprint density at radius 3 is 2.24 bits per heavy atom. The van der Waals surface area contributed by atoms with E-state index >= 15 is 0 Å². The van der Waals surface area contributed by atoms with Crippen molar-refractivity contribution < 1.29 is 19.1 Å². The van der Waals surface area contributed by atoms with Gasteiger partial charge in [0.2, 0.25) is 5.91 Å². The van der Waals surface area contributed by atoms with Crippen LogP contribution >= 0.6 is 33.2 Å². The van der Waals surface area contributed by atoms with Gasteiger partial charge in [-0.25, -0.2) is 4.79 Å². The van der Waals surface area contributed by atoms with Crippen LogP contribution in [-0.4, -0.2) is 34.3 Å². The predicted octanol–water partition coefficient (Wildman–Crippen LogP) is 2.18. The minimum atomic E-state index is -0.849. The molecule has 0 saturated heterocycles. The van der Waals surface area contributed by atoms with E-state index < -0.39 is 21.3 Å². The number of halogens is 1. The number of methoxy groups -OCH3 is 1. The highest BCUT2D eigenvalue weighted by Crippen LogP contribution is 2.39. The van der Waals surface area contributed by atoms with Gasteiger partial charge in [0.15, 0.2) is 0 Å². The van der Waals surface area contributed by atoms with Crippen LogP contribution in [0.2, 0.25) is 0 Å². The van der Waals surface area contributed by atoms with Crippen LogP contribution in [0, 0.1) is 0 Å². The number of ether oxygens (including phenoxy) is 1. The smallest absolute Gasteiger partial charge is 0.329 e. The average molecular weight is 300 g/mol. The van der Waals surface area contributed by atoms with Crippen molar-refractivity contribution in [2.45, 2.75) is 31.6 Å². The summed E-state index contributed by atoms with van der Waals surface area (Å²) in [5.74, 6) is -0.920. The minimum Gasteiger partial charge on any atom is -0.467 e. The second kappa shape index (κ2) is 7.13. The molecule has 17 heavy (non-hydrogen) atoms. The average Bonchev–Trinajstić information content (AvgIpc) is 2.22. The second-order valence-corrected chi connectivity index (χ2v) is 6.99. The molecule has 1 N–H and O–H groups in total. The summed E-state index contributed by atoms with van der Waals surface area (Å²) in [5, 5.41) is 2.49. The van der Waals surface area contributed by atoms with Gasteiger partial charge >= 0.3 is 5.97 Å². The molecule has 0 heterocycles. The van der Waals surface area contributed by atoms with Gasteiger partial charge in [-0.05, 0) is 36.2 Å². The van der Waals surface area contributed by atoms with Crippen molar-refractivity contribution in [1.29, 1.82) is 0 Å². The van der Waals surface area contributed by atoms with Crippen LogP contribution in [0.25, 0.3) is 0 Å². The minimum absolute atomic E-state index is 0.351. The zero-order valence-electron chi connectivity index (χ0n) is 9.90. The molecule has 1 atom stereocenters. The van der Waals surface area contributed by atoms with Crippen molar-refractivity contribution in [2.24, 2.45) is 0 Å². The molecule has 1 unspecified atom stereocenters. The molecule has 0 aliphatic carbocycles. The molecule has 0 radical (unpaired) electrons. The molecular weight excluding hydrogens is 286 g/mol. The SMILES string of the molecule is COC(=O)C(NC(C)=O)C(C)(C)SSC(=O)Cl. The number of esters is 1. The van der Waals surface area contributed by atoms with Crippen LogP contribution in [0.5, 0.6) is 0 Å². The summed E-state index contributed by atoms with van der Waals surface area (Å²) < 4.78 is 3.30. The lowest BCUT2D eigenvalue weighted by atomic mass is 10.0. The van der Waals surface area contributed by atoms with Crippen molar-refractivity contribution in [3.63, 3.8) is 0 Å². The summed E-state index contributed by atoms with van der Waals surface area (Å²) in [6.07, 6.45) is 0. The van der Waals surface area contributed by atoms with E-state index in [0.717, 1.165) is 21.6 Å². The van der Waals surface area contributed by atoms with Gasteiger partial charge in [0.25, 0.3) is 4.57 Å². The summed E-state index contributed by atoms with van der Waals surface area (Å²) in [6.45, 7) is 4.72. The van der Waals surface area contributed by atoms with E-state index in [1.54, 1.807) is 13.8 Å². The molecule has 0 aromatic heterocycles. The molecule has 98 valence electrons. The maximum atomic E-state index is 11.6. The number of carbonyl (C=O) groups is 3. The van der Waals surface area contributed by atoms with Crippen molar-refractivity contribution in [2.75, 3.05) is 7.11 Å². The first-order chi connectivity index (χ1) is 7.70. The Morgan fingerprint density at radius 1 is 1.35 bits per heavy atom. The zero-order valence-corrected chi connectivity index (χ0v) is 12.3. The third-order valence-corrected chi connectivity index (χ3v) is 5.18. The van der Waals surface area contributed by atoms with Crippen molar-refractivity contribution in [3.8, 4) is 0 Å². The van der Waals surface area contributed by atoms with E-state index in [1.165, 1.54) is 14.0 Å². The largest absolute Gasteiger partial charge is 0.467 e. The summed E-state index contributed by atoms with van der Waals surface area (Å²) >= 11 is 5.21. The Hall–Kier alpha value is -0.400. The van der Waals surface area contributed by atoms with Crippen LogP contribution in [0.4, 0.5) is 4.79 Å². The lowest BCUT2D eigenvalue weighted by molar-refractivity contribution is -0.145. The van der Waals surface area contributed by atoms with E-state index in [2.05, 4.69) is 10.1 Å². The number of hydrogen-bond acceptors (Lipinski definition) is 6. The topological polar surface area (TPSA) is 72.5 Å². The molecule has 0 saturated carbocycles. The van der Waals surface area contributed by atoms with Gasteiger partial charge in [-0.1, -0.05) is 10.8 Å². The first-order valence-corrected chi connectivity index (χ1v) is 7.13. The van der Waals surface area contributed by atoms with Gasteiger partial charge in [0.05, 0.1) is 11.9 Å². The maximum absolute atomic E-state index is 11.6. The fourth-order valence-electron chi connectivity index (χ4n) is 1.03. The fourth-order valence-corrected chi connectivity index (χ4v) is 2.97. The normalized spacial score (nSPS) is 12.8. The molecule has 0 fully saturated rings. The number of rotatable bonds is 5. The van der Waals surface area contributed by atoms with Gasteiger partial charge in [0, 0.05) is 6.92 Å². The maximum Gasteiger partial charge on any atom is 0.329 e. The highest BCUT2D eigenvalue weighted by atomic mass is 35.5. The molecule has 0 aromatic carbocycles. The summed E-state index contributed by atoms with van der Waals surface area (Å²) in [7, 11) is 3.14. The fraction of sp³-hybridized carbons (Fsp3) is 0.667. The van der Waals surface area contributed by atoms with Gasteiger partial charge in [-0.15, -0.1) is 0 Å². The van der Waals surface area contributed by atoms with Crippen LogP contribution in [0.15, 0.2) is 0 Å². The first kappa shape index (κ1) is 16.6. The van der Waals surface area contributed by atoms with Crippen molar-refractivity contribution in [3.05, 3.63) is 0 Å². The molecule has 5 nitrogen and oxygen atoms in total. The zero-order chi connectivity index (χ0) is 13.6. The van der Waals surface area contributed by atoms with E-state index in [1.807, 2.05) is 0 Å². The molecule has 0 bridgehead atoms. The van der Waals surface area contributed by atoms with Crippen LogP contribution in [0.3, 0.4) is 0 Å². The Morgan fingerprint density at radius 2 is 1.88 bits per heavy atom. The highest BCUT2D eigenvalue weighted by molar-refractivity contribution is 8.83. The standard InChI is InChI=1S/C9H14ClNO4S2/c1-5(12)11-6(7(13)15-4)9(2,3)17-16-8(10)14/h6H,1-4H3,(H,11,12). The van der Waals surface area contributed by atoms with E-state index in [9.17, 15) is 14.4 Å². The molecule has 0 rings (SSSR count). The number of carbonyl (C=O) groups excluding carboxylic acids is 3. The van der Waals surface area contributed by atoms with Crippen LogP contribution in [-0.2, 0) is 14.3 Å². The molecule has 0 spiro atoms. The molecule has 1 amide bonds. The Kier molecular flexibility index (Phi) is 6.96. The van der Waals surface area contributed by atoms with Crippen LogP contribution in [0.1, 0.15) is 20.8 Å². The highest BCUT2D eigenvalue weighted by Gasteiger charge is 2.38. The summed E-state index contributed by atoms with van der Waals surface area (Å²) in [4.78, 5) is 33.3. The van der Waals surface area contributed by atoms with Crippen molar-refractivity contribution >= 4 is 49.6 Å². The van der Waals surface area contributed by atoms with Crippen molar-refractivity contribution in [1.82, 2.24) is 5.32 Å². The summed E-state index contributed by atoms with van der Waals surface area (Å²) in [5.41, 5.74) is 0. The van der Waals surface area contributed by atoms with E-state index in [-0.39, 0.29) is 5.91 Å². The van der Waals surface area contributed by atoms with E-state index in [4.69, 9.17) is 11.6 Å². The van der Waals surface area contributed by atoms with Gasteiger partial charge in [-0.2, -0.15) is 0 Å². The predicted molar refractivity (Wildman–Crippen MR) is 70.1 cm³/mol. The Balaban J connectivity index is 4.80. The number of amides is 1. The molecule has 0 aliphatic rings. The Bertz CT molecular complexity index is 322. The lowest BCUT2D eigenvalue weighted by Gasteiger charge is -2.30. The van der Waals surface area contributed by atoms with Gasteiger partial charge in [0.1, 0.15) is 6.04 Å². The second-order valence-electron chi connectivity index (χ2n) is 3.66. The first-order valence-electron chi connectivity index (χ1n) is 4.60. The molecule has 0 aromatic rings. The molecular formula is C9H14ClNO4S2. The van der Waals surface area contributed by atoms with Gasteiger partial charge in [-0.3, -0.25) is 9.59 Å². The monoisotopic (exact) mass is 299 g/mol.